The first-order chi connectivity index (χ1) is 18.7. The summed E-state index contributed by atoms with van der Waals surface area (Å²) in [6, 6.07) is 27.9. The molecule has 6 aromatic rings. The van der Waals surface area contributed by atoms with Gasteiger partial charge < -0.3 is 0 Å². The van der Waals surface area contributed by atoms with Gasteiger partial charge in [0.25, 0.3) is 11.4 Å². The number of benzene rings is 4. The summed E-state index contributed by atoms with van der Waals surface area (Å²) < 4.78 is 21.9. The smallest absolute Gasteiger partial charge is 0.194 e. The molecular formula is C36H34FN2+. The summed E-state index contributed by atoms with van der Waals surface area (Å²) in [6.07, 6.45) is 2.83. The Morgan fingerprint density at radius 2 is 1.49 bits per heavy atom. The summed E-state index contributed by atoms with van der Waals surface area (Å²) >= 11 is 0. The van der Waals surface area contributed by atoms with Crippen LogP contribution < -0.4 is 4.40 Å². The minimum Gasteiger partial charge on any atom is -0.194 e. The van der Waals surface area contributed by atoms with Crippen molar-refractivity contribution in [3.8, 4) is 22.4 Å². The summed E-state index contributed by atoms with van der Waals surface area (Å²) in [5, 5.41) is 3.57. The van der Waals surface area contributed by atoms with Crippen LogP contribution in [-0.2, 0) is 11.2 Å². The molecule has 4 aromatic carbocycles. The van der Waals surface area contributed by atoms with E-state index in [-0.39, 0.29) is 0 Å². The van der Waals surface area contributed by atoms with Crippen molar-refractivity contribution in [3.05, 3.63) is 107 Å². The number of para-hydroxylation sites is 1. The van der Waals surface area contributed by atoms with Crippen LogP contribution in [0, 0.1) is 20.8 Å². The molecule has 194 valence electrons. The Morgan fingerprint density at radius 1 is 0.821 bits per heavy atom. The molecule has 0 N–H and O–H groups in total. The third-order valence-corrected chi connectivity index (χ3v) is 9.54. The second kappa shape index (κ2) is 8.02. The lowest BCUT2D eigenvalue weighted by atomic mass is 9.68. The Labute approximate surface area is 229 Å². The number of hydrogen-bond donors (Lipinski definition) is 0. The van der Waals surface area contributed by atoms with Crippen LogP contribution >= 0.6 is 0 Å². The number of pyridine rings is 1. The Balaban J connectivity index is 1.79. The van der Waals surface area contributed by atoms with Crippen LogP contribution in [0.1, 0.15) is 49.4 Å². The molecule has 0 saturated heterocycles. The highest BCUT2D eigenvalue weighted by Crippen LogP contribution is 2.55. The summed E-state index contributed by atoms with van der Waals surface area (Å²) in [5.74, 6) is -1.64. The third kappa shape index (κ3) is 2.99. The highest BCUT2D eigenvalue weighted by Gasteiger charge is 2.57. The van der Waals surface area contributed by atoms with E-state index in [1.165, 1.54) is 38.6 Å². The van der Waals surface area contributed by atoms with Crippen LogP contribution in [-0.4, -0.2) is 4.57 Å². The molecule has 0 radical (unpaired) electrons. The Hall–Kier alpha value is -3.98. The molecule has 1 aliphatic heterocycles. The molecule has 0 spiro atoms. The second-order valence-corrected chi connectivity index (χ2v) is 11.7. The van der Waals surface area contributed by atoms with E-state index in [1.54, 1.807) is 6.92 Å². The van der Waals surface area contributed by atoms with Crippen LogP contribution in [0.5, 0.6) is 0 Å². The van der Waals surface area contributed by atoms with Gasteiger partial charge in [-0.2, -0.15) is 13.4 Å². The van der Waals surface area contributed by atoms with Gasteiger partial charge in [0.05, 0.1) is 10.8 Å². The van der Waals surface area contributed by atoms with Crippen LogP contribution in [0.3, 0.4) is 0 Å². The molecule has 2 nitrogen and oxygen atoms in total. The van der Waals surface area contributed by atoms with Crippen LogP contribution in [0.4, 0.5) is 4.39 Å². The number of imidazole rings is 1. The van der Waals surface area contributed by atoms with E-state index in [0.29, 0.717) is 6.42 Å². The maximum atomic E-state index is 17.6. The molecule has 39 heavy (non-hydrogen) atoms. The standard InChI is InChI=1S/C36H34FN2/c1-7-35(5)28-18-17-27(31-23(3)19-22(2)20-24(31)4)32-26-15-11-12-16-29(26)38-21-30(25-13-9-8-10-14-25)39(36(35,6)37)34(38)33(28)32/h8-21H,7H2,1-6H3/q+1/t35?,36-/m1/s1. The summed E-state index contributed by atoms with van der Waals surface area (Å²) in [5.41, 5.74) is 10.6. The van der Waals surface area contributed by atoms with Gasteiger partial charge >= 0.3 is 0 Å². The van der Waals surface area contributed by atoms with Crippen LogP contribution in [0.2, 0.25) is 0 Å². The lowest BCUT2D eigenvalue weighted by Crippen LogP contribution is -2.49. The summed E-state index contributed by atoms with van der Waals surface area (Å²) in [4.78, 5) is 0. The Bertz CT molecular complexity index is 1940. The highest BCUT2D eigenvalue weighted by molar-refractivity contribution is 6.18. The van der Waals surface area contributed by atoms with Crippen molar-refractivity contribution in [1.29, 1.82) is 0 Å². The lowest BCUT2D eigenvalue weighted by Gasteiger charge is -2.42. The van der Waals surface area contributed by atoms with Gasteiger partial charge in [0.15, 0.2) is 5.69 Å². The number of hydrogen-bond acceptors (Lipinski definition) is 0. The molecule has 3 heteroatoms. The second-order valence-electron chi connectivity index (χ2n) is 11.7. The van der Waals surface area contributed by atoms with Crippen molar-refractivity contribution in [3.63, 3.8) is 0 Å². The van der Waals surface area contributed by atoms with Gasteiger partial charge in [0.1, 0.15) is 11.7 Å². The zero-order chi connectivity index (χ0) is 27.3. The molecule has 0 amide bonds. The number of halogens is 1. The van der Waals surface area contributed by atoms with E-state index in [2.05, 4.69) is 106 Å². The molecular weight excluding hydrogens is 479 g/mol. The fourth-order valence-electron chi connectivity index (χ4n) is 7.40. The van der Waals surface area contributed by atoms with Gasteiger partial charge in [-0.25, -0.2) is 0 Å². The van der Waals surface area contributed by atoms with E-state index in [0.717, 1.165) is 33.4 Å². The first-order valence-electron chi connectivity index (χ1n) is 14.0. The van der Waals surface area contributed by atoms with Crippen molar-refractivity contribution < 1.29 is 8.79 Å². The minimum atomic E-state index is -1.64. The number of nitrogens with zero attached hydrogens (tertiary/aromatic N) is 2. The number of alkyl halides is 1. The number of aromatic nitrogens is 2. The molecule has 2 aromatic heterocycles. The Kier molecular flexibility index (Phi) is 4.95. The van der Waals surface area contributed by atoms with Gasteiger partial charge in [-0.1, -0.05) is 85.3 Å². The maximum Gasteiger partial charge on any atom is 0.298 e. The molecule has 7 rings (SSSR count). The van der Waals surface area contributed by atoms with Crippen molar-refractivity contribution in [1.82, 2.24) is 4.57 Å². The first-order valence-corrected chi connectivity index (χ1v) is 14.0. The first kappa shape index (κ1) is 24.1. The SMILES string of the molecule is CCC1(C)c2ccc(-c3c(C)cc(C)cc3C)c3c4ccccc4[n+]4cc(-c5ccccc5)n(c4c23)[C@@]1(C)F. The molecule has 0 fully saturated rings. The number of aryl methyl sites for hydroxylation is 3. The fraction of sp³-hybridized carbons (Fsp3) is 0.250. The highest BCUT2D eigenvalue weighted by atomic mass is 19.1. The van der Waals surface area contributed by atoms with Gasteiger partial charge in [-0.15, -0.1) is 0 Å². The molecule has 1 unspecified atom stereocenters. The zero-order valence-corrected chi connectivity index (χ0v) is 23.6. The molecule has 0 aliphatic carbocycles. The molecule has 2 atom stereocenters. The number of rotatable bonds is 3. The molecule has 3 heterocycles. The Morgan fingerprint density at radius 3 is 2.18 bits per heavy atom. The molecule has 1 aliphatic rings. The normalized spacial score (nSPS) is 20.5. The predicted octanol–water partition coefficient (Wildman–Crippen LogP) is 9.12. The lowest BCUT2D eigenvalue weighted by molar-refractivity contribution is -0.479. The van der Waals surface area contributed by atoms with Gasteiger partial charge in [-0.05, 0) is 68.0 Å². The van der Waals surface area contributed by atoms with Crippen LogP contribution in [0.15, 0.2) is 85.1 Å². The fourth-order valence-corrected chi connectivity index (χ4v) is 7.40. The van der Waals surface area contributed by atoms with E-state index in [9.17, 15) is 0 Å². The van der Waals surface area contributed by atoms with Crippen molar-refractivity contribution in [2.45, 2.75) is 59.2 Å². The topological polar surface area (TPSA) is 9.03 Å². The van der Waals surface area contributed by atoms with Gasteiger partial charge in [0, 0.05) is 23.3 Å². The zero-order valence-electron chi connectivity index (χ0n) is 23.6. The summed E-state index contributed by atoms with van der Waals surface area (Å²) in [6.45, 7) is 12.6. The van der Waals surface area contributed by atoms with Crippen LogP contribution in [0.25, 0.3) is 49.7 Å². The number of fused-ring (bicyclic) bond motifs is 3. The van der Waals surface area contributed by atoms with Crippen molar-refractivity contribution in [2.75, 3.05) is 0 Å². The van der Waals surface area contributed by atoms with E-state index in [1.807, 2.05) is 22.8 Å². The quantitative estimate of drug-likeness (QED) is 0.165. The summed E-state index contributed by atoms with van der Waals surface area (Å²) in [7, 11) is 0. The van der Waals surface area contributed by atoms with Gasteiger partial charge in [-0.3, -0.25) is 0 Å². The largest absolute Gasteiger partial charge is 0.298 e. The monoisotopic (exact) mass is 513 g/mol. The molecule has 0 saturated carbocycles. The van der Waals surface area contributed by atoms with E-state index >= 15 is 4.39 Å². The van der Waals surface area contributed by atoms with E-state index < -0.39 is 11.2 Å². The average Bonchev–Trinajstić information content (AvgIpc) is 3.34. The van der Waals surface area contributed by atoms with Crippen molar-refractivity contribution >= 4 is 27.3 Å². The predicted molar refractivity (Wildman–Crippen MR) is 160 cm³/mol. The van der Waals surface area contributed by atoms with Crippen molar-refractivity contribution in [2.24, 2.45) is 0 Å². The molecule has 0 bridgehead atoms. The van der Waals surface area contributed by atoms with Gasteiger partial charge in [0.2, 0.25) is 0 Å². The average molecular weight is 514 g/mol. The van der Waals surface area contributed by atoms with E-state index in [4.69, 9.17) is 0 Å². The third-order valence-electron chi connectivity index (χ3n) is 9.54. The maximum absolute atomic E-state index is 17.6. The minimum absolute atomic E-state index is 0.682.